The molecule has 0 saturated carbocycles. The van der Waals surface area contributed by atoms with Gasteiger partial charge in [0.25, 0.3) is 20.0 Å². The van der Waals surface area contributed by atoms with Crippen molar-refractivity contribution >= 4 is 43.0 Å². The number of nitrogens with zero attached hydrogens (tertiary/aromatic N) is 2. The van der Waals surface area contributed by atoms with E-state index < -0.39 is 20.0 Å². The average Bonchev–Trinajstić information content (AvgIpc) is 3.05. The van der Waals surface area contributed by atoms with Gasteiger partial charge in [0.05, 0.1) is 16.8 Å². The number of hydrogen-bond acceptors (Lipinski definition) is 5. The Hall–Kier alpha value is -2.56. The van der Waals surface area contributed by atoms with Crippen molar-refractivity contribution in [3.8, 4) is 0 Å². The predicted octanol–water partition coefficient (Wildman–Crippen LogP) is 2.98. The Bertz CT molecular complexity index is 1220. The lowest BCUT2D eigenvalue weighted by molar-refractivity contribution is 0.581. The molecule has 2 N–H and O–H groups in total. The number of nitrogens with one attached hydrogen (secondary N) is 2. The summed E-state index contributed by atoms with van der Waals surface area (Å²) in [5.74, 6) is 0. The molecule has 28 heavy (non-hydrogen) atoms. The van der Waals surface area contributed by atoms with Crippen LogP contribution in [0, 0.1) is 6.92 Å². The van der Waals surface area contributed by atoms with Gasteiger partial charge in [-0.05, 0) is 55.0 Å². The highest BCUT2D eigenvalue weighted by atomic mass is 35.5. The first-order valence-electron chi connectivity index (χ1n) is 7.98. The highest BCUT2D eigenvalue weighted by Gasteiger charge is 2.21. The third-order valence-corrected chi connectivity index (χ3v) is 6.98. The van der Waals surface area contributed by atoms with Crippen LogP contribution in [-0.4, -0.2) is 26.6 Å². The Morgan fingerprint density at radius 2 is 1.61 bits per heavy atom. The number of anilines is 2. The number of hydrogen-bond donors (Lipinski definition) is 2. The molecule has 1 aromatic heterocycles. The van der Waals surface area contributed by atoms with E-state index in [1.54, 1.807) is 19.1 Å². The third kappa shape index (κ3) is 4.29. The van der Waals surface area contributed by atoms with Crippen LogP contribution in [0.4, 0.5) is 11.4 Å². The molecular formula is C17H17ClN4O4S2. The maximum absolute atomic E-state index is 12.7. The van der Waals surface area contributed by atoms with Gasteiger partial charge in [-0.2, -0.15) is 13.5 Å². The van der Waals surface area contributed by atoms with Gasteiger partial charge in [0, 0.05) is 17.8 Å². The fourth-order valence-electron chi connectivity index (χ4n) is 2.43. The molecule has 0 fully saturated rings. The topological polar surface area (TPSA) is 110 Å². The number of aromatic nitrogens is 2. The number of halogens is 1. The zero-order chi connectivity index (χ0) is 20.5. The van der Waals surface area contributed by atoms with E-state index in [1.807, 2.05) is 0 Å². The molecule has 0 aliphatic carbocycles. The van der Waals surface area contributed by atoms with E-state index in [4.69, 9.17) is 11.6 Å². The summed E-state index contributed by atoms with van der Waals surface area (Å²) >= 11 is 5.80. The molecule has 1 heterocycles. The highest BCUT2D eigenvalue weighted by molar-refractivity contribution is 7.93. The average molecular weight is 441 g/mol. The largest absolute Gasteiger partial charge is 0.280 e. The SMILES string of the molecule is Cc1ccc(S(=O)(=O)Nc2ccc(Cl)cc2)cc1NS(=O)(=O)c1ccnn1C. The van der Waals surface area contributed by atoms with Gasteiger partial charge in [0.2, 0.25) is 0 Å². The van der Waals surface area contributed by atoms with Gasteiger partial charge in [-0.1, -0.05) is 17.7 Å². The first-order valence-corrected chi connectivity index (χ1v) is 11.3. The van der Waals surface area contributed by atoms with Crippen LogP contribution in [0.15, 0.2) is 64.6 Å². The summed E-state index contributed by atoms with van der Waals surface area (Å²) in [5.41, 5.74) is 1.05. The number of aryl methyl sites for hydroxylation is 2. The second-order valence-electron chi connectivity index (χ2n) is 5.99. The maximum Gasteiger partial charge on any atom is 0.279 e. The van der Waals surface area contributed by atoms with E-state index >= 15 is 0 Å². The first kappa shape index (κ1) is 20.2. The van der Waals surface area contributed by atoms with Crippen LogP contribution in [0.1, 0.15) is 5.56 Å². The fraction of sp³-hybridized carbons (Fsp3) is 0.118. The van der Waals surface area contributed by atoms with E-state index in [1.165, 1.54) is 54.3 Å². The molecule has 0 atom stereocenters. The van der Waals surface area contributed by atoms with Crippen LogP contribution in [0.3, 0.4) is 0 Å². The summed E-state index contributed by atoms with van der Waals surface area (Å²) in [7, 11) is -6.36. The number of benzene rings is 2. The smallest absolute Gasteiger partial charge is 0.279 e. The van der Waals surface area contributed by atoms with Crippen LogP contribution in [0.2, 0.25) is 5.02 Å². The van der Waals surface area contributed by atoms with E-state index in [0.717, 1.165) is 0 Å². The molecule has 2 aromatic carbocycles. The van der Waals surface area contributed by atoms with E-state index in [2.05, 4.69) is 14.5 Å². The molecule has 3 aromatic rings. The van der Waals surface area contributed by atoms with Gasteiger partial charge in [-0.25, -0.2) is 8.42 Å². The molecule has 3 rings (SSSR count). The molecule has 148 valence electrons. The molecule has 0 unspecified atom stereocenters. The van der Waals surface area contributed by atoms with Crippen molar-refractivity contribution in [2.24, 2.45) is 7.05 Å². The van der Waals surface area contributed by atoms with Crippen LogP contribution in [-0.2, 0) is 27.1 Å². The lowest BCUT2D eigenvalue weighted by atomic mass is 10.2. The summed E-state index contributed by atoms with van der Waals surface area (Å²) in [4.78, 5) is -0.0873. The van der Waals surface area contributed by atoms with Crippen molar-refractivity contribution in [2.75, 3.05) is 9.44 Å². The van der Waals surface area contributed by atoms with Crippen molar-refractivity contribution < 1.29 is 16.8 Å². The lowest BCUT2D eigenvalue weighted by Crippen LogP contribution is -2.18. The quantitative estimate of drug-likeness (QED) is 0.612. The van der Waals surface area contributed by atoms with Crippen molar-refractivity contribution in [1.82, 2.24) is 9.78 Å². The van der Waals surface area contributed by atoms with Crippen LogP contribution >= 0.6 is 11.6 Å². The highest BCUT2D eigenvalue weighted by Crippen LogP contribution is 2.25. The standard InChI is InChI=1S/C17H17ClN4O4S2/c1-12-3-8-15(27(23,24)20-14-6-4-13(18)5-7-14)11-16(12)21-28(25,26)17-9-10-19-22(17)2/h3-11,20-21H,1-2H3. The molecule has 0 bridgehead atoms. The van der Waals surface area contributed by atoms with Crippen LogP contribution < -0.4 is 9.44 Å². The summed E-state index contributed by atoms with van der Waals surface area (Å²) in [6.45, 7) is 1.67. The zero-order valence-electron chi connectivity index (χ0n) is 14.9. The Morgan fingerprint density at radius 3 is 2.21 bits per heavy atom. The Balaban J connectivity index is 1.93. The minimum Gasteiger partial charge on any atom is -0.280 e. The Labute approximate surface area is 168 Å². The minimum absolute atomic E-state index is 0.0422. The zero-order valence-corrected chi connectivity index (χ0v) is 17.3. The van der Waals surface area contributed by atoms with Gasteiger partial charge in [-0.15, -0.1) is 0 Å². The van der Waals surface area contributed by atoms with E-state index in [-0.39, 0.29) is 15.6 Å². The molecule has 0 radical (unpaired) electrons. The molecular weight excluding hydrogens is 424 g/mol. The minimum atomic E-state index is -3.93. The Kier molecular flexibility index (Phi) is 5.37. The van der Waals surface area contributed by atoms with Gasteiger partial charge in [-0.3, -0.25) is 14.1 Å². The molecule has 0 amide bonds. The summed E-state index contributed by atoms with van der Waals surface area (Å²) in [6.07, 6.45) is 1.36. The molecule has 0 saturated heterocycles. The predicted molar refractivity (Wildman–Crippen MR) is 107 cm³/mol. The molecule has 0 aliphatic heterocycles. The second kappa shape index (κ2) is 7.46. The van der Waals surface area contributed by atoms with Crippen molar-refractivity contribution in [3.63, 3.8) is 0 Å². The molecule has 8 nitrogen and oxygen atoms in total. The number of rotatable bonds is 6. The van der Waals surface area contributed by atoms with Gasteiger partial charge >= 0.3 is 0 Å². The maximum atomic E-state index is 12.7. The second-order valence-corrected chi connectivity index (χ2v) is 9.74. The third-order valence-electron chi connectivity index (χ3n) is 3.91. The van der Waals surface area contributed by atoms with Crippen molar-refractivity contribution in [3.05, 3.63) is 65.3 Å². The van der Waals surface area contributed by atoms with Crippen molar-refractivity contribution in [1.29, 1.82) is 0 Å². The van der Waals surface area contributed by atoms with Crippen LogP contribution in [0.25, 0.3) is 0 Å². The van der Waals surface area contributed by atoms with Crippen molar-refractivity contribution in [2.45, 2.75) is 16.8 Å². The summed E-state index contributed by atoms with van der Waals surface area (Å²) in [5, 5.41) is 4.27. The summed E-state index contributed by atoms with van der Waals surface area (Å²) < 4.78 is 56.5. The first-order chi connectivity index (χ1) is 13.1. The number of sulfonamides is 2. The van der Waals surface area contributed by atoms with E-state index in [0.29, 0.717) is 16.3 Å². The normalized spacial score (nSPS) is 12.0. The van der Waals surface area contributed by atoms with E-state index in [9.17, 15) is 16.8 Å². The molecule has 0 spiro atoms. The monoisotopic (exact) mass is 440 g/mol. The van der Waals surface area contributed by atoms with Gasteiger partial charge in [0.15, 0.2) is 5.03 Å². The molecule has 11 heteroatoms. The molecule has 0 aliphatic rings. The van der Waals surface area contributed by atoms with Crippen LogP contribution in [0.5, 0.6) is 0 Å². The fourth-order valence-corrected chi connectivity index (χ4v) is 4.89. The Morgan fingerprint density at radius 1 is 0.929 bits per heavy atom. The van der Waals surface area contributed by atoms with Gasteiger partial charge in [0.1, 0.15) is 0 Å². The summed E-state index contributed by atoms with van der Waals surface area (Å²) in [6, 6.07) is 11.7. The lowest BCUT2D eigenvalue weighted by Gasteiger charge is -2.13. The van der Waals surface area contributed by atoms with Gasteiger partial charge < -0.3 is 0 Å².